The Kier molecular flexibility index (Phi) is 28.4. The molecule has 24 heteroatoms. The second-order valence-corrected chi connectivity index (χ2v) is 23.1. The van der Waals surface area contributed by atoms with Crippen LogP contribution in [0, 0.1) is 53.3 Å². The second kappa shape index (κ2) is 31.6. The first-order valence-electron chi connectivity index (χ1n) is 27.0. The number of nitrogens with one attached hydrogen (secondary N) is 6. The maximum atomic E-state index is 13.9. The third-order valence-corrected chi connectivity index (χ3v) is 12.8. The number of cyclic esters (lactones) is 6. The van der Waals surface area contributed by atoms with Crippen LogP contribution < -0.4 is 31.9 Å². The molecule has 1 heterocycles. The van der Waals surface area contributed by atoms with E-state index in [0.29, 0.717) is 0 Å². The van der Waals surface area contributed by atoms with Gasteiger partial charge in [0.1, 0.15) is 48.6 Å². The molecule has 0 aromatic rings. The predicted molar refractivity (Wildman–Crippen MR) is 282 cm³/mol. The molecule has 1 rings (SSSR count). The maximum absolute atomic E-state index is 13.9. The molecule has 0 radical (unpaired) electrons. The van der Waals surface area contributed by atoms with Crippen LogP contribution in [-0.2, 0) is 81.2 Å². The largest absolute Gasteiger partial charge is 0.457 e. The van der Waals surface area contributed by atoms with Crippen LogP contribution in [0.2, 0.25) is 0 Å². The average molecular weight is 1110 g/mol. The lowest BCUT2D eigenvalue weighted by Gasteiger charge is -2.31. The van der Waals surface area contributed by atoms with Gasteiger partial charge in [-0.3, -0.25) is 34.1 Å². The smallest absolute Gasteiger partial charge is 0.329 e. The zero-order chi connectivity index (χ0) is 60.5. The minimum absolute atomic E-state index is 0.587. The molecule has 5 amide bonds. The van der Waals surface area contributed by atoms with Crippen molar-refractivity contribution in [3.8, 4) is 0 Å². The Labute approximate surface area is 460 Å². The normalized spacial score (nSPS) is 29.9. The molecule has 24 nitrogen and oxygen atoms in total. The van der Waals surface area contributed by atoms with E-state index in [0.717, 1.165) is 0 Å². The lowest BCUT2D eigenvalue weighted by molar-refractivity contribution is -0.168. The number of aliphatic hydroxyl groups is 1. The highest BCUT2D eigenvalue weighted by molar-refractivity contribution is 5.95. The van der Waals surface area contributed by atoms with Crippen molar-refractivity contribution in [2.75, 3.05) is 0 Å². The highest BCUT2D eigenvalue weighted by atomic mass is 16.6. The fourth-order valence-electron chi connectivity index (χ4n) is 7.58. The summed E-state index contributed by atoms with van der Waals surface area (Å²) in [6.07, 6.45) is -10.7. The molecule has 13 atom stereocenters. The number of hydrogen-bond acceptors (Lipinski definition) is 19. The summed E-state index contributed by atoms with van der Waals surface area (Å²) in [6.45, 7) is 32.5. The molecule has 0 aromatic heterocycles. The van der Waals surface area contributed by atoms with Crippen LogP contribution in [0.4, 0.5) is 0 Å². The van der Waals surface area contributed by atoms with Crippen molar-refractivity contribution in [2.24, 2.45) is 53.3 Å². The lowest BCUT2D eigenvalue weighted by Crippen LogP contribution is -2.56. The zero-order valence-corrected chi connectivity index (χ0v) is 49.6. The van der Waals surface area contributed by atoms with E-state index in [-0.39, 0.29) is 0 Å². The number of carbonyl (C=O) groups is 11. The topological polar surface area (TPSA) is 336 Å². The van der Waals surface area contributed by atoms with Crippen molar-refractivity contribution in [1.82, 2.24) is 31.9 Å². The fourth-order valence-corrected chi connectivity index (χ4v) is 7.58. The summed E-state index contributed by atoms with van der Waals surface area (Å²) in [5, 5.41) is 26.6. The Hall–Kier alpha value is -5.91. The number of hydrogen-bond donors (Lipinski definition) is 7. The van der Waals surface area contributed by atoms with Gasteiger partial charge in [0.15, 0.2) is 30.5 Å². The monoisotopic (exact) mass is 1110 g/mol. The standard InChI is InChI=1S/C54H92N6O18/c1-22(2)34-49(67)73-31(19)43(61)55-38(26(9)10)53(71)77-41(29(15)16)47(65)59-36(24(5)6)51(69)75-33(21)45(63)57-39(27(11)12)54(72)78-42(30(17)18)48(66)60-35(23(3)4)50(68)74-32(20)44(62)56-37(25(7)8)52(70)76-40(28(13)14)46(64)58-34/h22-43,55,61H,1-21H3,(H,56,62)(H,57,63)(H,58,64)(H,59,65)(H,60,66)/t31-,32-,33-,34+,35+,36+,37-,38-,39-,40+,41+,42+,43?/m0/s1. The first-order valence-corrected chi connectivity index (χ1v) is 27.0. The van der Waals surface area contributed by atoms with E-state index in [1.165, 1.54) is 20.8 Å². The molecule has 1 fully saturated rings. The minimum Gasteiger partial charge on any atom is -0.457 e. The summed E-state index contributed by atoms with van der Waals surface area (Å²) in [5.41, 5.74) is 0. The second-order valence-electron chi connectivity index (χ2n) is 23.1. The van der Waals surface area contributed by atoms with E-state index in [9.17, 15) is 57.8 Å². The highest BCUT2D eigenvalue weighted by Crippen LogP contribution is 2.20. The summed E-state index contributed by atoms with van der Waals surface area (Å²) < 4.78 is 33.7. The van der Waals surface area contributed by atoms with Crippen LogP contribution in [0.25, 0.3) is 0 Å². The molecule has 0 aromatic carbocycles. The van der Waals surface area contributed by atoms with Crippen molar-refractivity contribution in [1.29, 1.82) is 0 Å². The Morgan fingerprint density at radius 2 is 0.500 bits per heavy atom. The molecular formula is C54H92N6O18. The first-order chi connectivity index (χ1) is 35.9. The first kappa shape index (κ1) is 70.1. The molecule has 0 spiro atoms. The third-order valence-electron chi connectivity index (χ3n) is 12.8. The van der Waals surface area contributed by atoms with Gasteiger partial charge in [0.25, 0.3) is 29.5 Å². The van der Waals surface area contributed by atoms with Gasteiger partial charge >= 0.3 is 35.8 Å². The summed E-state index contributed by atoms with van der Waals surface area (Å²) >= 11 is 0. The van der Waals surface area contributed by atoms with E-state index < -0.39 is 198 Å². The summed E-state index contributed by atoms with van der Waals surface area (Å²) in [7, 11) is 0. The van der Waals surface area contributed by atoms with Gasteiger partial charge in [0.05, 0.1) is 0 Å². The summed E-state index contributed by atoms with van der Waals surface area (Å²) in [6, 6.07) is -8.20. The maximum Gasteiger partial charge on any atom is 0.329 e. The van der Waals surface area contributed by atoms with E-state index in [2.05, 4.69) is 31.9 Å². The number of rotatable bonds is 9. The lowest BCUT2D eigenvalue weighted by atomic mass is 10.0. The molecule has 7 N–H and O–H groups in total. The van der Waals surface area contributed by atoms with Crippen molar-refractivity contribution in [2.45, 2.75) is 225 Å². The van der Waals surface area contributed by atoms with E-state index in [4.69, 9.17) is 28.4 Å². The van der Waals surface area contributed by atoms with Crippen LogP contribution in [-0.4, -0.2) is 150 Å². The van der Waals surface area contributed by atoms with Crippen molar-refractivity contribution in [3.05, 3.63) is 0 Å². The number of ether oxygens (including phenoxy) is 6. The third kappa shape index (κ3) is 21.0. The zero-order valence-electron chi connectivity index (χ0n) is 49.6. The number of esters is 6. The van der Waals surface area contributed by atoms with Crippen molar-refractivity contribution in [3.63, 3.8) is 0 Å². The van der Waals surface area contributed by atoms with E-state index in [1.807, 2.05) is 0 Å². The van der Waals surface area contributed by atoms with Gasteiger partial charge in [-0.2, -0.15) is 0 Å². The molecular weight excluding hydrogens is 1020 g/mol. The predicted octanol–water partition coefficient (Wildman–Crippen LogP) is 2.14. The Bertz CT molecular complexity index is 2090. The van der Waals surface area contributed by atoms with Gasteiger partial charge in [0.2, 0.25) is 0 Å². The van der Waals surface area contributed by atoms with Crippen LogP contribution in [0.5, 0.6) is 0 Å². The number of carbonyl (C=O) groups excluding carboxylic acids is 11. The van der Waals surface area contributed by atoms with Gasteiger partial charge < -0.3 is 60.1 Å². The Balaban J connectivity index is 3.86. The van der Waals surface area contributed by atoms with Crippen LogP contribution in [0.1, 0.15) is 145 Å². The minimum atomic E-state index is -1.71. The molecule has 78 heavy (non-hydrogen) atoms. The van der Waals surface area contributed by atoms with E-state index >= 15 is 0 Å². The van der Waals surface area contributed by atoms with Gasteiger partial charge in [-0.05, 0) is 74.0 Å². The molecule has 1 unspecified atom stereocenters. The van der Waals surface area contributed by atoms with Gasteiger partial charge in [-0.15, -0.1) is 0 Å². The average Bonchev–Trinajstić information content (AvgIpc) is 3.31. The van der Waals surface area contributed by atoms with Crippen molar-refractivity contribution < 1.29 is 86.3 Å². The molecule has 1 aliphatic rings. The summed E-state index contributed by atoms with van der Waals surface area (Å²) in [5.74, 6) is -16.5. The Morgan fingerprint density at radius 1 is 0.295 bits per heavy atom. The molecule has 0 bridgehead atoms. The van der Waals surface area contributed by atoms with Crippen LogP contribution in [0.15, 0.2) is 0 Å². The van der Waals surface area contributed by atoms with Crippen LogP contribution >= 0.6 is 0 Å². The molecule has 1 saturated heterocycles. The van der Waals surface area contributed by atoms with E-state index in [1.54, 1.807) is 125 Å². The number of amides is 5. The molecule has 1 aliphatic heterocycles. The molecule has 0 saturated carbocycles. The van der Waals surface area contributed by atoms with Gasteiger partial charge in [0, 0.05) is 0 Å². The van der Waals surface area contributed by atoms with Crippen LogP contribution in [0.3, 0.4) is 0 Å². The van der Waals surface area contributed by atoms with Crippen molar-refractivity contribution >= 4 is 65.4 Å². The number of aliphatic hydroxyl groups excluding tert-OH is 1. The SMILES string of the molecule is CC(C)[C@@H]1NC(=O)[C@H](C)OC(=O)[C@@H](C(C)C)NC(=O)[C@@H](C(C)C)OC(=O)[C@H](C(C)C)NC(O)[C@H](C)OC(=O)[C@@H](C(C)C)NC(=O)[C@@H](C(C)C)OC(=O)[C@H](C(C)C)NC(=O)[C@H](C)OC(=O)[C@@H](C(C)C)NC(=O)[C@@H](C(C)C)OC1=O. The quantitative estimate of drug-likeness (QED) is 0.128. The molecule has 0 aliphatic carbocycles. The van der Waals surface area contributed by atoms with Gasteiger partial charge in [-0.25, -0.2) is 24.0 Å². The Morgan fingerprint density at radius 3 is 0.731 bits per heavy atom. The highest BCUT2D eigenvalue weighted by Gasteiger charge is 2.42. The van der Waals surface area contributed by atoms with Gasteiger partial charge in [-0.1, -0.05) is 125 Å². The summed E-state index contributed by atoms with van der Waals surface area (Å²) in [4.78, 5) is 151. The fraction of sp³-hybridized carbons (Fsp3) is 0.796. The molecule has 446 valence electrons.